The third-order valence-electron chi connectivity index (χ3n) is 4.89. The fraction of sp³-hybridized carbons (Fsp3) is 0.429. The highest BCUT2D eigenvalue weighted by molar-refractivity contribution is 7.99. The Morgan fingerprint density at radius 1 is 1.28 bits per heavy atom. The van der Waals surface area contributed by atoms with E-state index in [4.69, 9.17) is 11.6 Å². The average molecular weight is 432 g/mol. The molecule has 3 rings (SSSR count). The van der Waals surface area contributed by atoms with Crippen molar-refractivity contribution >= 4 is 35.0 Å². The highest BCUT2D eigenvalue weighted by atomic mass is 35.5. The third kappa shape index (κ3) is 5.08. The number of carbonyl (C=O) groups is 1. The summed E-state index contributed by atoms with van der Waals surface area (Å²) in [5, 5.41) is 8.72. The van der Waals surface area contributed by atoms with Crippen LogP contribution in [0, 0.1) is 13.8 Å². The SMILES string of the molecule is CCCCc1c(C)nc2nc(SCC(=O)NC(C)c3ccccc3Cl)nn2c1C. The Morgan fingerprint density at radius 3 is 2.76 bits per heavy atom. The van der Waals surface area contributed by atoms with Gasteiger partial charge in [0.2, 0.25) is 11.1 Å². The van der Waals surface area contributed by atoms with Crippen molar-refractivity contribution in [2.24, 2.45) is 0 Å². The molecular weight excluding hydrogens is 406 g/mol. The molecule has 2 aromatic heterocycles. The van der Waals surface area contributed by atoms with Gasteiger partial charge in [0.1, 0.15) is 0 Å². The van der Waals surface area contributed by atoms with E-state index in [1.54, 1.807) is 4.52 Å². The van der Waals surface area contributed by atoms with E-state index in [0.717, 1.165) is 36.2 Å². The highest BCUT2D eigenvalue weighted by Gasteiger charge is 2.16. The predicted octanol–water partition coefficient (Wildman–Crippen LogP) is 4.71. The average Bonchev–Trinajstić information content (AvgIpc) is 3.09. The van der Waals surface area contributed by atoms with Crippen molar-refractivity contribution in [1.29, 1.82) is 0 Å². The van der Waals surface area contributed by atoms with Crippen LogP contribution in [0.25, 0.3) is 5.78 Å². The number of nitrogens with zero attached hydrogens (tertiary/aromatic N) is 4. The molecule has 0 radical (unpaired) electrons. The number of fused-ring (bicyclic) bond motifs is 1. The van der Waals surface area contributed by atoms with Gasteiger partial charge in [-0.05, 0) is 50.8 Å². The van der Waals surface area contributed by atoms with E-state index >= 15 is 0 Å². The summed E-state index contributed by atoms with van der Waals surface area (Å²) < 4.78 is 1.78. The van der Waals surface area contributed by atoms with Crippen LogP contribution in [0.15, 0.2) is 29.4 Å². The van der Waals surface area contributed by atoms with Gasteiger partial charge in [-0.2, -0.15) is 4.98 Å². The molecule has 0 spiro atoms. The van der Waals surface area contributed by atoms with Gasteiger partial charge < -0.3 is 5.32 Å². The van der Waals surface area contributed by atoms with Crippen LogP contribution in [0.4, 0.5) is 0 Å². The molecule has 3 aromatic rings. The number of aromatic nitrogens is 4. The number of benzene rings is 1. The van der Waals surface area contributed by atoms with E-state index in [0.29, 0.717) is 16.0 Å². The molecule has 6 nitrogen and oxygen atoms in total. The summed E-state index contributed by atoms with van der Waals surface area (Å²) in [6.07, 6.45) is 3.24. The van der Waals surface area contributed by atoms with E-state index in [1.165, 1.54) is 17.3 Å². The number of halogens is 1. The van der Waals surface area contributed by atoms with Gasteiger partial charge in [0.05, 0.1) is 11.8 Å². The first kappa shape index (κ1) is 21.6. The molecule has 1 unspecified atom stereocenters. The summed E-state index contributed by atoms with van der Waals surface area (Å²) >= 11 is 7.51. The van der Waals surface area contributed by atoms with E-state index in [-0.39, 0.29) is 17.7 Å². The first-order chi connectivity index (χ1) is 13.9. The number of unbranched alkanes of at least 4 members (excludes halogenated alkanes) is 1. The molecule has 0 bridgehead atoms. The van der Waals surface area contributed by atoms with E-state index in [2.05, 4.69) is 27.3 Å². The lowest BCUT2D eigenvalue weighted by Gasteiger charge is -2.15. The van der Waals surface area contributed by atoms with E-state index in [9.17, 15) is 4.79 Å². The monoisotopic (exact) mass is 431 g/mol. The predicted molar refractivity (Wildman–Crippen MR) is 118 cm³/mol. The molecule has 0 aliphatic heterocycles. The minimum Gasteiger partial charge on any atom is -0.349 e. The summed E-state index contributed by atoms with van der Waals surface area (Å²) in [5.41, 5.74) is 4.19. The molecule has 0 saturated heterocycles. The van der Waals surface area contributed by atoms with Crippen LogP contribution in [0.2, 0.25) is 5.02 Å². The van der Waals surface area contributed by atoms with Crippen molar-refractivity contribution in [2.45, 2.75) is 58.2 Å². The lowest BCUT2D eigenvalue weighted by molar-refractivity contribution is -0.119. The molecule has 0 saturated carbocycles. The molecule has 1 N–H and O–H groups in total. The van der Waals surface area contributed by atoms with Crippen LogP contribution in [-0.2, 0) is 11.2 Å². The zero-order chi connectivity index (χ0) is 21.0. The normalized spacial score (nSPS) is 12.3. The molecule has 0 aliphatic rings. The van der Waals surface area contributed by atoms with Crippen molar-refractivity contribution in [3.63, 3.8) is 0 Å². The molecule has 154 valence electrons. The number of aryl methyl sites for hydroxylation is 2. The number of nitrogens with one attached hydrogen (secondary N) is 1. The molecule has 0 fully saturated rings. The Balaban J connectivity index is 1.66. The molecule has 29 heavy (non-hydrogen) atoms. The maximum atomic E-state index is 12.4. The van der Waals surface area contributed by atoms with Gasteiger partial charge in [0.15, 0.2) is 0 Å². The fourth-order valence-electron chi connectivity index (χ4n) is 3.28. The first-order valence-corrected chi connectivity index (χ1v) is 11.2. The topological polar surface area (TPSA) is 72.2 Å². The molecule has 2 heterocycles. The second-order valence-electron chi connectivity index (χ2n) is 7.07. The van der Waals surface area contributed by atoms with Crippen molar-refractivity contribution in [2.75, 3.05) is 5.75 Å². The number of carbonyl (C=O) groups excluding carboxylic acids is 1. The Kier molecular flexibility index (Phi) is 7.14. The number of amides is 1. The zero-order valence-electron chi connectivity index (χ0n) is 17.2. The van der Waals surface area contributed by atoms with Gasteiger partial charge in [-0.15, -0.1) is 5.10 Å². The minimum atomic E-state index is -0.168. The smallest absolute Gasteiger partial charge is 0.253 e. The maximum absolute atomic E-state index is 12.4. The summed E-state index contributed by atoms with van der Waals surface area (Å²) in [6, 6.07) is 7.35. The zero-order valence-corrected chi connectivity index (χ0v) is 18.8. The fourth-order valence-corrected chi connectivity index (χ4v) is 4.21. The number of hydrogen-bond donors (Lipinski definition) is 1. The van der Waals surface area contributed by atoms with Crippen molar-refractivity contribution in [1.82, 2.24) is 24.9 Å². The summed E-state index contributed by atoms with van der Waals surface area (Å²) in [4.78, 5) is 21.4. The lowest BCUT2D eigenvalue weighted by Crippen LogP contribution is -2.28. The van der Waals surface area contributed by atoms with Crippen molar-refractivity contribution < 1.29 is 4.79 Å². The van der Waals surface area contributed by atoms with Gasteiger partial charge in [0.25, 0.3) is 5.78 Å². The van der Waals surface area contributed by atoms with Crippen molar-refractivity contribution in [3.05, 3.63) is 51.8 Å². The van der Waals surface area contributed by atoms with Gasteiger partial charge >= 0.3 is 0 Å². The largest absolute Gasteiger partial charge is 0.349 e. The molecule has 1 amide bonds. The van der Waals surface area contributed by atoms with Crippen LogP contribution in [0.3, 0.4) is 0 Å². The molecule has 0 aliphatic carbocycles. The van der Waals surface area contributed by atoms with E-state index < -0.39 is 0 Å². The lowest BCUT2D eigenvalue weighted by atomic mass is 10.1. The Morgan fingerprint density at radius 2 is 2.03 bits per heavy atom. The van der Waals surface area contributed by atoms with Crippen LogP contribution in [0.1, 0.15) is 55.2 Å². The summed E-state index contributed by atoms with van der Waals surface area (Å²) in [5.74, 6) is 0.713. The van der Waals surface area contributed by atoms with Crippen molar-refractivity contribution in [3.8, 4) is 0 Å². The van der Waals surface area contributed by atoms with Crippen LogP contribution in [0.5, 0.6) is 0 Å². The molecule has 1 aromatic carbocycles. The highest BCUT2D eigenvalue weighted by Crippen LogP contribution is 2.23. The second-order valence-corrected chi connectivity index (χ2v) is 8.42. The molecule has 1 atom stereocenters. The first-order valence-electron chi connectivity index (χ1n) is 9.80. The van der Waals surface area contributed by atoms with Crippen LogP contribution in [-0.4, -0.2) is 31.2 Å². The van der Waals surface area contributed by atoms with Gasteiger partial charge in [0, 0.05) is 16.4 Å². The van der Waals surface area contributed by atoms with E-state index in [1.807, 2.05) is 45.0 Å². The number of hydrogen-bond acceptors (Lipinski definition) is 5. The minimum absolute atomic E-state index is 0.0919. The third-order valence-corrected chi connectivity index (χ3v) is 6.07. The standard InChI is InChI=1S/C21H26ClN5OS/c1-5-6-9-16-13(2)24-20-25-21(26-27(20)15(16)4)29-12-19(28)23-14(3)17-10-7-8-11-18(17)22/h7-8,10-11,14H,5-6,9,12H2,1-4H3,(H,23,28). The molecule has 8 heteroatoms. The van der Waals surface area contributed by atoms with Gasteiger partial charge in [-0.25, -0.2) is 9.50 Å². The summed E-state index contributed by atoms with van der Waals surface area (Å²) in [7, 11) is 0. The Bertz CT molecular complexity index is 1020. The van der Waals surface area contributed by atoms with Gasteiger partial charge in [-0.1, -0.05) is 54.9 Å². The maximum Gasteiger partial charge on any atom is 0.253 e. The van der Waals surface area contributed by atoms with Crippen LogP contribution >= 0.6 is 23.4 Å². The molecular formula is C21H26ClN5OS. The number of thioether (sulfide) groups is 1. The van der Waals surface area contributed by atoms with Gasteiger partial charge in [-0.3, -0.25) is 4.79 Å². The second kappa shape index (κ2) is 9.59. The van der Waals surface area contributed by atoms with Crippen LogP contribution < -0.4 is 5.32 Å². The number of rotatable bonds is 8. The Hall–Kier alpha value is -2.12. The summed E-state index contributed by atoms with van der Waals surface area (Å²) in [6.45, 7) is 8.16. The Labute approximate surface area is 180 Å². The quantitative estimate of drug-likeness (QED) is 0.523.